The number of aromatic hydroxyl groups is 1. The Morgan fingerprint density at radius 2 is 1.35 bits per heavy atom. The molecule has 2 aromatic heterocycles. The van der Waals surface area contributed by atoms with Crippen LogP contribution in [0.1, 0.15) is 72.4 Å². The predicted molar refractivity (Wildman–Crippen MR) is 239 cm³/mol. The van der Waals surface area contributed by atoms with Crippen LogP contribution in [0.2, 0.25) is 0 Å². The highest BCUT2D eigenvalue weighted by Crippen LogP contribution is 2.41. The van der Waals surface area contributed by atoms with Crippen LogP contribution < -0.4 is 0 Å². The molecule has 0 radical (unpaired) electrons. The number of fused-ring (bicyclic) bond motifs is 1. The third-order valence-electron chi connectivity index (χ3n) is 10.9. The van der Waals surface area contributed by atoms with Crippen molar-refractivity contribution in [2.45, 2.75) is 66.2 Å². The summed E-state index contributed by atoms with van der Waals surface area (Å²) >= 11 is 0. The van der Waals surface area contributed by atoms with E-state index < -0.39 is 5.89 Å². The molecule has 0 saturated carbocycles. The third-order valence-corrected chi connectivity index (χ3v) is 10.9. The Hall–Kier alpha value is -6.26. The van der Waals surface area contributed by atoms with E-state index in [0.717, 1.165) is 62.2 Å². The van der Waals surface area contributed by atoms with Crippen LogP contribution in [-0.2, 0) is 11.8 Å². The Balaban J connectivity index is 1.32. The van der Waals surface area contributed by atoms with E-state index in [1.54, 1.807) is 6.07 Å². The van der Waals surface area contributed by atoms with Crippen molar-refractivity contribution in [3.63, 3.8) is 0 Å². The maximum Gasteiger partial charge on any atom is 0.149 e. The van der Waals surface area contributed by atoms with Crippen molar-refractivity contribution in [3.8, 4) is 67.5 Å². The first-order valence-corrected chi connectivity index (χ1v) is 20.0. The van der Waals surface area contributed by atoms with Crippen LogP contribution >= 0.6 is 0 Å². The summed E-state index contributed by atoms with van der Waals surface area (Å²) in [5.74, 6) is 0.675. The van der Waals surface area contributed by atoms with Gasteiger partial charge in [0, 0.05) is 24.4 Å². The van der Waals surface area contributed by atoms with E-state index in [1.807, 2.05) is 56.4 Å². The van der Waals surface area contributed by atoms with Gasteiger partial charge in [-0.1, -0.05) is 139 Å². The zero-order valence-corrected chi connectivity index (χ0v) is 34.0. The van der Waals surface area contributed by atoms with E-state index in [-0.39, 0.29) is 11.2 Å². The number of imidazole rings is 1. The fraction of sp³-hybridized carbons (Fsp3) is 0.208. The molecule has 0 atom stereocenters. The number of hydrogen-bond donors (Lipinski definition) is 1. The topological polar surface area (TPSA) is 50.9 Å². The van der Waals surface area contributed by atoms with Gasteiger partial charge in [0.1, 0.15) is 11.6 Å². The minimum absolute atomic E-state index is 0.136. The molecule has 284 valence electrons. The van der Waals surface area contributed by atoms with Gasteiger partial charge in [-0.2, -0.15) is 0 Å². The molecule has 0 aliphatic heterocycles. The predicted octanol–water partition coefficient (Wildman–Crippen LogP) is 14.1. The molecule has 6 aromatic carbocycles. The molecule has 57 heavy (non-hydrogen) atoms. The van der Waals surface area contributed by atoms with Crippen molar-refractivity contribution in [2.24, 2.45) is 5.92 Å². The number of nitrogens with zero attached hydrogens (tertiary/aromatic N) is 3. The Labute approximate surface area is 339 Å². The molecule has 0 fully saturated rings. The van der Waals surface area contributed by atoms with Crippen LogP contribution in [-0.4, -0.2) is 19.6 Å². The summed E-state index contributed by atoms with van der Waals surface area (Å²) in [5.41, 5.74) is 15.4. The molecule has 8 aromatic rings. The Morgan fingerprint density at radius 3 is 2.07 bits per heavy atom. The van der Waals surface area contributed by atoms with Gasteiger partial charge in [-0.15, -0.1) is 0 Å². The normalized spacial score (nSPS) is 12.3. The van der Waals surface area contributed by atoms with Gasteiger partial charge < -0.3 is 5.11 Å². The standard InChI is InChI=1S/C53H51N3O/c1-34(2)28-40-32-44(24-25-45(40)38-14-9-8-10-15-38)56-49-18-13-17-46(51(49)55-52(56)47-16-11-12-19-50(47)57)41-29-42(31-43(30-41)53(5,6)7)48-33-39(26-27-54-48)37-22-20-36(21-23-37)35(3)4/h8-27,29-35,57H,28H2,1-7H3/i35D. The minimum Gasteiger partial charge on any atom is -0.507 e. The molecule has 0 aliphatic carbocycles. The number of para-hydroxylation sites is 2. The van der Waals surface area contributed by atoms with Gasteiger partial charge in [0.05, 0.1) is 22.3 Å². The molecular formula is C53H51N3O. The molecule has 4 heteroatoms. The fourth-order valence-electron chi connectivity index (χ4n) is 7.79. The average molecular weight is 747 g/mol. The lowest BCUT2D eigenvalue weighted by molar-refractivity contribution is 0.477. The van der Waals surface area contributed by atoms with E-state index in [2.05, 4.69) is 142 Å². The number of rotatable bonds is 9. The zero-order chi connectivity index (χ0) is 40.8. The van der Waals surface area contributed by atoms with Crippen LogP contribution in [0.3, 0.4) is 0 Å². The van der Waals surface area contributed by atoms with E-state index in [1.165, 1.54) is 22.3 Å². The summed E-state index contributed by atoms with van der Waals surface area (Å²) in [6.07, 6.45) is 2.81. The van der Waals surface area contributed by atoms with Crippen LogP contribution in [0, 0.1) is 5.92 Å². The maximum absolute atomic E-state index is 11.3. The highest BCUT2D eigenvalue weighted by Gasteiger charge is 2.23. The second-order valence-corrected chi connectivity index (χ2v) is 16.8. The summed E-state index contributed by atoms with van der Waals surface area (Å²) in [5, 5.41) is 11.3. The van der Waals surface area contributed by atoms with Crippen molar-refractivity contribution < 1.29 is 6.48 Å². The first-order valence-electron chi connectivity index (χ1n) is 20.5. The second-order valence-electron chi connectivity index (χ2n) is 16.8. The lowest BCUT2D eigenvalue weighted by Crippen LogP contribution is -2.11. The molecule has 0 amide bonds. The molecule has 1 N–H and O–H groups in total. The molecule has 0 saturated heterocycles. The zero-order valence-electron chi connectivity index (χ0n) is 35.0. The molecule has 0 aliphatic rings. The van der Waals surface area contributed by atoms with E-state index >= 15 is 0 Å². The summed E-state index contributed by atoms with van der Waals surface area (Å²) in [7, 11) is 0. The van der Waals surface area contributed by atoms with Gasteiger partial charge in [0.25, 0.3) is 0 Å². The monoisotopic (exact) mass is 746 g/mol. The molecule has 4 nitrogen and oxygen atoms in total. The summed E-state index contributed by atoms with van der Waals surface area (Å²) in [4.78, 5) is 10.3. The molecule has 0 unspecified atom stereocenters. The first kappa shape index (κ1) is 36.4. The third kappa shape index (κ3) is 7.65. The lowest BCUT2D eigenvalue weighted by Gasteiger charge is -2.22. The highest BCUT2D eigenvalue weighted by molar-refractivity contribution is 5.97. The van der Waals surface area contributed by atoms with Crippen molar-refractivity contribution in [2.75, 3.05) is 0 Å². The van der Waals surface area contributed by atoms with Gasteiger partial charge >= 0.3 is 0 Å². The summed E-state index contributed by atoms with van der Waals surface area (Å²) in [6.45, 7) is 15.1. The van der Waals surface area contributed by atoms with Crippen molar-refractivity contribution in [1.29, 1.82) is 0 Å². The number of hydrogen-bond acceptors (Lipinski definition) is 3. The smallest absolute Gasteiger partial charge is 0.149 e. The first-order chi connectivity index (χ1) is 27.7. The Kier molecular flexibility index (Phi) is 9.80. The number of pyridine rings is 1. The van der Waals surface area contributed by atoms with Crippen molar-refractivity contribution >= 4 is 11.0 Å². The molecule has 0 bridgehead atoms. The minimum atomic E-state index is -0.656. The van der Waals surface area contributed by atoms with E-state index in [4.69, 9.17) is 11.3 Å². The quantitative estimate of drug-likeness (QED) is 0.160. The highest BCUT2D eigenvalue weighted by atomic mass is 16.3. The number of phenols is 1. The van der Waals surface area contributed by atoms with Gasteiger partial charge in [0.2, 0.25) is 0 Å². The van der Waals surface area contributed by atoms with Gasteiger partial charge in [0.15, 0.2) is 0 Å². The average Bonchev–Trinajstić information content (AvgIpc) is 3.60. The van der Waals surface area contributed by atoms with E-state index in [9.17, 15) is 5.11 Å². The van der Waals surface area contributed by atoms with Gasteiger partial charge in [-0.3, -0.25) is 9.55 Å². The Bertz CT molecular complexity index is 2750. The van der Waals surface area contributed by atoms with Crippen LogP contribution in [0.5, 0.6) is 5.75 Å². The van der Waals surface area contributed by atoms with Crippen molar-refractivity contribution in [3.05, 3.63) is 168 Å². The summed E-state index contributed by atoms with van der Waals surface area (Å²) < 4.78 is 10.7. The second kappa shape index (κ2) is 15.3. The molecular weight excluding hydrogens is 695 g/mol. The molecule has 8 rings (SSSR count). The number of aromatic nitrogens is 3. The van der Waals surface area contributed by atoms with Crippen LogP contribution in [0.25, 0.3) is 72.7 Å². The van der Waals surface area contributed by atoms with Crippen molar-refractivity contribution in [1.82, 2.24) is 14.5 Å². The van der Waals surface area contributed by atoms with Crippen LogP contribution in [0.15, 0.2) is 152 Å². The number of phenolic OH excluding ortho intramolecular Hbond substituents is 1. The van der Waals surface area contributed by atoms with Gasteiger partial charge in [-0.25, -0.2) is 4.98 Å². The Morgan fingerprint density at radius 1 is 0.632 bits per heavy atom. The van der Waals surface area contributed by atoms with Crippen LogP contribution in [0.4, 0.5) is 0 Å². The molecule has 0 spiro atoms. The summed E-state index contributed by atoms with van der Waals surface area (Å²) in [6, 6.07) is 50.5. The number of benzene rings is 6. The largest absolute Gasteiger partial charge is 0.507 e. The SMILES string of the molecule is [2H]C(C)(C)c1ccc(-c2ccnc(-c3cc(-c4cccc5c4nc(-c4ccccc4O)n5-c4ccc(-c5ccccc5)c(CC(C)C)c4)cc(C(C)(C)C)c3)c2)cc1. The fourth-order valence-corrected chi connectivity index (χ4v) is 7.79. The van der Waals surface area contributed by atoms with Gasteiger partial charge in [-0.05, 0) is 123 Å². The maximum atomic E-state index is 11.3. The lowest BCUT2D eigenvalue weighted by atomic mass is 9.83. The molecule has 2 heterocycles. The van der Waals surface area contributed by atoms with E-state index in [0.29, 0.717) is 17.3 Å².